The van der Waals surface area contributed by atoms with Gasteiger partial charge in [-0.15, -0.1) is 0 Å². The Labute approximate surface area is 89.0 Å². The second kappa shape index (κ2) is 4.90. The zero-order chi connectivity index (χ0) is 11.5. The van der Waals surface area contributed by atoms with Crippen LogP contribution in [-0.2, 0) is 9.53 Å². The van der Waals surface area contributed by atoms with Crippen LogP contribution in [-0.4, -0.2) is 18.0 Å². The van der Waals surface area contributed by atoms with Crippen LogP contribution in [0.25, 0.3) is 0 Å². The van der Waals surface area contributed by atoms with E-state index in [4.69, 9.17) is 4.74 Å². The molecular formula is C11H18F2O2. The summed E-state index contributed by atoms with van der Waals surface area (Å²) in [6, 6.07) is 0. The van der Waals surface area contributed by atoms with Crippen LogP contribution in [0.5, 0.6) is 0 Å². The van der Waals surface area contributed by atoms with Crippen molar-refractivity contribution in [1.29, 1.82) is 0 Å². The van der Waals surface area contributed by atoms with Crippen molar-refractivity contribution in [2.45, 2.75) is 58.0 Å². The first kappa shape index (κ1) is 12.4. The number of ether oxygens (including phenoxy) is 1. The Morgan fingerprint density at radius 3 is 2.33 bits per heavy atom. The Morgan fingerprint density at radius 2 is 1.87 bits per heavy atom. The molecule has 0 heterocycles. The van der Waals surface area contributed by atoms with Gasteiger partial charge in [0.2, 0.25) is 0 Å². The Bertz CT molecular complexity index is 217. The molecule has 0 aromatic rings. The molecule has 4 heteroatoms. The van der Waals surface area contributed by atoms with Gasteiger partial charge in [0.25, 0.3) is 5.92 Å². The number of carbonyl (C=O) groups excluding carboxylic acids is 1. The fourth-order valence-electron chi connectivity index (χ4n) is 1.71. The number of alkyl halides is 2. The zero-order valence-corrected chi connectivity index (χ0v) is 9.26. The van der Waals surface area contributed by atoms with Gasteiger partial charge in [-0.05, 0) is 19.8 Å². The summed E-state index contributed by atoms with van der Waals surface area (Å²) in [4.78, 5) is 11.5. The van der Waals surface area contributed by atoms with Gasteiger partial charge in [0.05, 0.1) is 5.92 Å². The molecule has 88 valence electrons. The number of hydrogen-bond acceptors (Lipinski definition) is 2. The van der Waals surface area contributed by atoms with Crippen molar-refractivity contribution < 1.29 is 18.3 Å². The third-order valence-electron chi connectivity index (χ3n) is 2.95. The first-order valence-electron chi connectivity index (χ1n) is 5.49. The maximum absolute atomic E-state index is 12.8. The highest BCUT2D eigenvalue weighted by molar-refractivity contribution is 5.72. The van der Waals surface area contributed by atoms with E-state index in [1.807, 2.05) is 0 Å². The molecule has 1 rings (SSSR count). The highest BCUT2D eigenvalue weighted by Gasteiger charge is 2.35. The van der Waals surface area contributed by atoms with E-state index in [9.17, 15) is 13.6 Å². The van der Waals surface area contributed by atoms with Crippen molar-refractivity contribution in [2.24, 2.45) is 5.92 Å². The first-order valence-corrected chi connectivity index (χ1v) is 5.49. The van der Waals surface area contributed by atoms with Gasteiger partial charge >= 0.3 is 5.97 Å². The van der Waals surface area contributed by atoms with Crippen molar-refractivity contribution in [2.75, 3.05) is 0 Å². The number of esters is 1. The lowest BCUT2D eigenvalue weighted by Crippen LogP contribution is -2.34. The maximum Gasteiger partial charge on any atom is 0.309 e. The minimum atomic E-state index is -2.95. The van der Waals surface area contributed by atoms with Gasteiger partial charge < -0.3 is 4.74 Å². The second-order valence-corrected chi connectivity index (χ2v) is 4.37. The molecule has 0 aromatic heterocycles. The fourth-order valence-corrected chi connectivity index (χ4v) is 1.71. The summed E-state index contributed by atoms with van der Waals surface area (Å²) in [5.41, 5.74) is 0. The van der Waals surface area contributed by atoms with Crippen molar-refractivity contribution in [3.8, 4) is 0 Å². The molecule has 0 bridgehead atoms. The molecule has 0 aliphatic heterocycles. The van der Waals surface area contributed by atoms with E-state index in [2.05, 4.69) is 0 Å². The van der Waals surface area contributed by atoms with Crippen molar-refractivity contribution >= 4 is 5.97 Å². The number of rotatable bonds is 3. The van der Waals surface area contributed by atoms with Crippen LogP contribution in [0, 0.1) is 5.92 Å². The van der Waals surface area contributed by atoms with Gasteiger partial charge in [-0.3, -0.25) is 4.79 Å². The van der Waals surface area contributed by atoms with Gasteiger partial charge in [-0.2, -0.15) is 0 Å². The van der Waals surface area contributed by atoms with Gasteiger partial charge in [0.15, 0.2) is 6.10 Å². The van der Waals surface area contributed by atoms with E-state index >= 15 is 0 Å². The number of hydrogen-bond donors (Lipinski definition) is 0. The highest BCUT2D eigenvalue weighted by atomic mass is 19.3. The fraction of sp³-hybridized carbons (Fsp3) is 0.909. The van der Waals surface area contributed by atoms with Crippen LogP contribution in [0.15, 0.2) is 0 Å². The summed E-state index contributed by atoms with van der Waals surface area (Å²) in [5.74, 6) is -3.57. The smallest absolute Gasteiger partial charge is 0.309 e. The first-order chi connectivity index (χ1) is 6.91. The van der Waals surface area contributed by atoms with Crippen LogP contribution < -0.4 is 0 Å². The van der Waals surface area contributed by atoms with Crippen molar-refractivity contribution in [1.82, 2.24) is 0 Å². The summed E-state index contributed by atoms with van der Waals surface area (Å²) in [6.07, 6.45) is 3.35. The zero-order valence-electron chi connectivity index (χ0n) is 9.26. The van der Waals surface area contributed by atoms with Crippen molar-refractivity contribution in [3.63, 3.8) is 0 Å². The summed E-state index contributed by atoms with van der Waals surface area (Å²) >= 11 is 0. The lowest BCUT2D eigenvalue weighted by molar-refractivity contribution is -0.173. The van der Waals surface area contributed by atoms with E-state index in [0.717, 1.165) is 39.0 Å². The van der Waals surface area contributed by atoms with E-state index < -0.39 is 18.0 Å². The van der Waals surface area contributed by atoms with E-state index in [0.29, 0.717) is 0 Å². The van der Waals surface area contributed by atoms with Crippen LogP contribution in [0.3, 0.4) is 0 Å². The quantitative estimate of drug-likeness (QED) is 0.683. The lowest BCUT2D eigenvalue weighted by atomic mass is 9.89. The SMILES string of the molecule is CC(OC(=O)C1CCCCC1)C(C)(F)F. The van der Waals surface area contributed by atoms with Gasteiger partial charge in [-0.25, -0.2) is 8.78 Å². The third-order valence-corrected chi connectivity index (χ3v) is 2.95. The Hall–Kier alpha value is -0.670. The topological polar surface area (TPSA) is 26.3 Å². The van der Waals surface area contributed by atoms with Crippen LogP contribution in [0.1, 0.15) is 46.0 Å². The summed E-state index contributed by atoms with van der Waals surface area (Å²) < 4.78 is 30.3. The average molecular weight is 220 g/mol. The van der Waals surface area contributed by atoms with Crippen LogP contribution in [0.4, 0.5) is 8.78 Å². The molecule has 0 amide bonds. The Kier molecular flexibility index (Phi) is 4.05. The standard InChI is InChI=1S/C11H18F2O2/c1-8(11(2,12)13)15-10(14)9-6-4-3-5-7-9/h8-9H,3-7H2,1-2H3. The minimum absolute atomic E-state index is 0.163. The Morgan fingerprint density at radius 1 is 1.33 bits per heavy atom. The molecule has 1 atom stereocenters. The molecule has 1 aliphatic carbocycles. The maximum atomic E-state index is 12.8. The highest BCUT2D eigenvalue weighted by Crippen LogP contribution is 2.27. The predicted octanol–water partition coefficient (Wildman–Crippen LogP) is 3.15. The molecule has 1 saturated carbocycles. The van der Waals surface area contributed by atoms with E-state index in [-0.39, 0.29) is 5.92 Å². The normalized spacial score (nSPS) is 21.1. The molecule has 1 fully saturated rings. The molecule has 15 heavy (non-hydrogen) atoms. The molecule has 1 aliphatic rings. The molecule has 0 spiro atoms. The van der Waals surface area contributed by atoms with Gasteiger partial charge in [0.1, 0.15) is 0 Å². The van der Waals surface area contributed by atoms with E-state index in [1.54, 1.807) is 0 Å². The number of halogens is 2. The predicted molar refractivity (Wildman–Crippen MR) is 52.8 cm³/mol. The second-order valence-electron chi connectivity index (χ2n) is 4.37. The van der Waals surface area contributed by atoms with Gasteiger partial charge in [0, 0.05) is 6.92 Å². The molecule has 0 N–H and O–H groups in total. The molecule has 0 aromatic carbocycles. The molecule has 1 unspecified atom stereocenters. The largest absolute Gasteiger partial charge is 0.456 e. The lowest BCUT2D eigenvalue weighted by Gasteiger charge is -2.24. The van der Waals surface area contributed by atoms with Crippen molar-refractivity contribution in [3.05, 3.63) is 0 Å². The van der Waals surface area contributed by atoms with Crippen LogP contribution >= 0.6 is 0 Å². The molecule has 0 radical (unpaired) electrons. The molecular weight excluding hydrogens is 202 g/mol. The van der Waals surface area contributed by atoms with E-state index in [1.165, 1.54) is 6.92 Å². The van der Waals surface area contributed by atoms with Crippen LogP contribution in [0.2, 0.25) is 0 Å². The summed E-state index contributed by atoms with van der Waals surface area (Å²) in [7, 11) is 0. The minimum Gasteiger partial charge on any atom is -0.456 e. The summed E-state index contributed by atoms with van der Waals surface area (Å²) in [5, 5.41) is 0. The Balaban J connectivity index is 2.40. The molecule has 0 saturated heterocycles. The third kappa shape index (κ3) is 3.76. The molecule has 2 nitrogen and oxygen atoms in total. The average Bonchev–Trinajstić information content (AvgIpc) is 2.17. The summed E-state index contributed by atoms with van der Waals surface area (Å²) in [6.45, 7) is 2.01. The van der Waals surface area contributed by atoms with Gasteiger partial charge in [-0.1, -0.05) is 19.3 Å². The monoisotopic (exact) mass is 220 g/mol. The number of carbonyl (C=O) groups is 1.